The number of rotatable bonds is 6. The summed E-state index contributed by atoms with van der Waals surface area (Å²) in [4.78, 5) is 15.9. The molecule has 110 valence electrons. The summed E-state index contributed by atoms with van der Waals surface area (Å²) in [6, 6.07) is 10.7. The van der Waals surface area contributed by atoms with Gasteiger partial charge < -0.3 is 14.8 Å². The number of hydrogen-bond donors (Lipinski definition) is 1. The molecule has 0 fully saturated rings. The molecule has 1 aromatic heterocycles. The van der Waals surface area contributed by atoms with Gasteiger partial charge in [0, 0.05) is 12.4 Å². The maximum atomic E-state index is 12.0. The van der Waals surface area contributed by atoms with Crippen LogP contribution in [0.2, 0.25) is 0 Å². The number of pyridine rings is 1. The molecule has 1 N–H and O–H groups in total. The minimum Gasteiger partial charge on any atom is -0.493 e. The lowest BCUT2D eigenvalue weighted by Crippen LogP contribution is -2.36. The number of methoxy groups -OCH3 is 1. The van der Waals surface area contributed by atoms with Gasteiger partial charge in [-0.25, -0.2) is 0 Å². The number of nitrogens with zero attached hydrogens (tertiary/aromatic N) is 1. The third-order valence-electron chi connectivity index (χ3n) is 2.86. The lowest BCUT2D eigenvalue weighted by atomic mass is 10.2. The van der Waals surface area contributed by atoms with E-state index in [2.05, 4.69) is 10.3 Å². The Labute approximate surface area is 123 Å². The van der Waals surface area contributed by atoms with Gasteiger partial charge >= 0.3 is 0 Å². The van der Waals surface area contributed by atoms with Gasteiger partial charge in [0.15, 0.2) is 11.5 Å². The van der Waals surface area contributed by atoms with Gasteiger partial charge in [0.1, 0.15) is 6.61 Å². The van der Waals surface area contributed by atoms with Crippen molar-refractivity contribution in [2.75, 3.05) is 13.7 Å². The Morgan fingerprint density at radius 2 is 2.00 bits per heavy atom. The number of carbonyl (C=O) groups is 1. The molecule has 5 heteroatoms. The second-order valence-electron chi connectivity index (χ2n) is 4.58. The molecule has 5 nitrogen and oxygen atoms in total. The molecule has 0 spiro atoms. The SMILES string of the molecule is COc1ccccc1OCC(C)NC(=O)c1cccnc1. The Balaban J connectivity index is 1.87. The quantitative estimate of drug-likeness (QED) is 0.885. The van der Waals surface area contributed by atoms with E-state index in [1.54, 1.807) is 25.4 Å². The van der Waals surface area contributed by atoms with Gasteiger partial charge in [-0.05, 0) is 31.2 Å². The maximum absolute atomic E-state index is 12.0. The Morgan fingerprint density at radius 1 is 1.24 bits per heavy atom. The Bertz CT molecular complexity index is 587. The van der Waals surface area contributed by atoms with Crippen LogP contribution in [0.1, 0.15) is 17.3 Å². The van der Waals surface area contributed by atoms with E-state index in [1.807, 2.05) is 31.2 Å². The molecule has 0 saturated heterocycles. The molecule has 1 amide bonds. The van der Waals surface area contributed by atoms with Crippen LogP contribution in [0.5, 0.6) is 11.5 Å². The number of aromatic nitrogens is 1. The average Bonchev–Trinajstić information content (AvgIpc) is 2.54. The molecule has 0 aliphatic rings. The molecule has 0 aliphatic carbocycles. The zero-order chi connectivity index (χ0) is 15.1. The summed E-state index contributed by atoms with van der Waals surface area (Å²) in [6.45, 7) is 2.23. The normalized spacial score (nSPS) is 11.5. The molecule has 1 unspecified atom stereocenters. The minimum atomic E-state index is -0.167. The van der Waals surface area contributed by atoms with Crippen LogP contribution in [-0.4, -0.2) is 30.6 Å². The van der Waals surface area contributed by atoms with Crippen molar-refractivity contribution >= 4 is 5.91 Å². The van der Waals surface area contributed by atoms with Crippen molar-refractivity contribution in [3.63, 3.8) is 0 Å². The molecule has 1 heterocycles. The minimum absolute atomic E-state index is 0.136. The van der Waals surface area contributed by atoms with Crippen molar-refractivity contribution in [3.8, 4) is 11.5 Å². The first-order chi connectivity index (χ1) is 10.2. The molecular formula is C16H18N2O3. The van der Waals surface area contributed by atoms with Gasteiger partial charge in [-0.1, -0.05) is 12.1 Å². The second-order valence-corrected chi connectivity index (χ2v) is 4.58. The van der Waals surface area contributed by atoms with Crippen LogP contribution in [0.4, 0.5) is 0 Å². The highest BCUT2D eigenvalue weighted by atomic mass is 16.5. The highest BCUT2D eigenvalue weighted by molar-refractivity contribution is 5.93. The van der Waals surface area contributed by atoms with Gasteiger partial charge in [0.05, 0.1) is 18.7 Å². The summed E-state index contributed by atoms with van der Waals surface area (Å²) in [7, 11) is 1.59. The molecular weight excluding hydrogens is 268 g/mol. The number of benzene rings is 1. The van der Waals surface area contributed by atoms with Gasteiger partial charge in [-0.15, -0.1) is 0 Å². The van der Waals surface area contributed by atoms with Crippen molar-refractivity contribution in [1.29, 1.82) is 0 Å². The standard InChI is InChI=1S/C16H18N2O3/c1-12(18-16(19)13-6-5-9-17-10-13)11-21-15-8-4-3-7-14(15)20-2/h3-10,12H,11H2,1-2H3,(H,18,19). The monoisotopic (exact) mass is 286 g/mol. The molecule has 0 aliphatic heterocycles. The van der Waals surface area contributed by atoms with Gasteiger partial charge in [-0.3, -0.25) is 9.78 Å². The predicted octanol–water partition coefficient (Wildman–Crippen LogP) is 2.29. The molecule has 21 heavy (non-hydrogen) atoms. The number of nitrogens with one attached hydrogen (secondary N) is 1. The van der Waals surface area contributed by atoms with Crippen LogP contribution < -0.4 is 14.8 Å². The zero-order valence-electron chi connectivity index (χ0n) is 12.1. The molecule has 0 bridgehead atoms. The number of para-hydroxylation sites is 2. The summed E-state index contributed by atoms with van der Waals surface area (Å²) in [5, 5.41) is 2.86. The third-order valence-corrected chi connectivity index (χ3v) is 2.86. The van der Waals surface area contributed by atoms with E-state index in [1.165, 1.54) is 6.20 Å². The third kappa shape index (κ3) is 4.21. The summed E-state index contributed by atoms with van der Waals surface area (Å²) < 4.78 is 10.9. The van der Waals surface area contributed by atoms with Gasteiger partial charge in [0.25, 0.3) is 5.91 Å². The lowest BCUT2D eigenvalue weighted by Gasteiger charge is -2.16. The fourth-order valence-electron chi connectivity index (χ4n) is 1.80. The number of amides is 1. The van der Waals surface area contributed by atoms with Crippen molar-refractivity contribution in [2.45, 2.75) is 13.0 Å². The second kappa shape index (κ2) is 7.28. The summed E-state index contributed by atoms with van der Waals surface area (Å²) in [5.74, 6) is 1.16. The fraction of sp³-hybridized carbons (Fsp3) is 0.250. The smallest absolute Gasteiger partial charge is 0.253 e. The number of ether oxygens (including phenoxy) is 2. The highest BCUT2D eigenvalue weighted by Crippen LogP contribution is 2.25. The summed E-state index contributed by atoms with van der Waals surface area (Å²) in [6.07, 6.45) is 3.16. The van der Waals surface area contributed by atoms with Crippen molar-refractivity contribution in [1.82, 2.24) is 10.3 Å². The Hall–Kier alpha value is -2.56. The van der Waals surface area contributed by atoms with E-state index in [-0.39, 0.29) is 11.9 Å². The Kier molecular flexibility index (Phi) is 5.15. The van der Waals surface area contributed by atoms with Crippen molar-refractivity contribution in [3.05, 3.63) is 54.4 Å². The zero-order valence-corrected chi connectivity index (χ0v) is 12.1. The Morgan fingerprint density at radius 3 is 2.67 bits per heavy atom. The van der Waals surface area contributed by atoms with Crippen molar-refractivity contribution < 1.29 is 14.3 Å². The molecule has 1 aromatic carbocycles. The van der Waals surface area contributed by atoms with Crippen LogP contribution >= 0.6 is 0 Å². The first-order valence-corrected chi connectivity index (χ1v) is 6.67. The molecule has 2 aromatic rings. The fourth-order valence-corrected chi connectivity index (χ4v) is 1.80. The van der Waals surface area contributed by atoms with Crippen LogP contribution in [0, 0.1) is 0 Å². The largest absolute Gasteiger partial charge is 0.493 e. The summed E-state index contributed by atoms with van der Waals surface area (Å²) in [5.41, 5.74) is 0.529. The lowest BCUT2D eigenvalue weighted by molar-refractivity contribution is 0.0926. The topological polar surface area (TPSA) is 60.5 Å². The van der Waals surface area contributed by atoms with E-state index in [9.17, 15) is 4.79 Å². The molecule has 2 rings (SSSR count). The number of hydrogen-bond acceptors (Lipinski definition) is 4. The van der Waals surface area contributed by atoms with E-state index in [0.717, 1.165) is 0 Å². The van der Waals surface area contributed by atoms with Crippen LogP contribution in [0.3, 0.4) is 0 Å². The molecule has 0 saturated carbocycles. The number of carbonyl (C=O) groups excluding carboxylic acids is 1. The van der Waals surface area contributed by atoms with E-state index in [4.69, 9.17) is 9.47 Å². The van der Waals surface area contributed by atoms with Crippen LogP contribution in [-0.2, 0) is 0 Å². The highest BCUT2D eigenvalue weighted by Gasteiger charge is 2.11. The average molecular weight is 286 g/mol. The van der Waals surface area contributed by atoms with E-state index in [0.29, 0.717) is 23.7 Å². The van der Waals surface area contributed by atoms with Crippen LogP contribution in [0.25, 0.3) is 0 Å². The molecule has 1 atom stereocenters. The maximum Gasteiger partial charge on any atom is 0.253 e. The van der Waals surface area contributed by atoms with Gasteiger partial charge in [0.2, 0.25) is 0 Å². The van der Waals surface area contributed by atoms with E-state index < -0.39 is 0 Å². The van der Waals surface area contributed by atoms with Gasteiger partial charge in [-0.2, -0.15) is 0 Å². The van der Waals surface area contributed by atoms with E-state index >= 15 is 0 Å². The predicted molar refractivity (Wildman–Crippen MR) is 79.7 cm³/mol. The summed E-state index contributed by atoms with van der Waals surface area (Å²) >= 11 is 0. The first-order valence-electron chi connectivity index (χ1n) is 6.67. The molecule has 0 radical (unpaired) electrons. The first kappa shape index (κ1) is 14.8. The van der Waals surface area contributed by atoms with Crippen molar-refractivity contribution in [2.24, 2.45) is 0 Å². The van der Waals surface area contributed by atoms with Crippen LogP contribution in [0.15, 0.2) is 48.8 Å².